The molecule has 0 spiro atoms. The molecule has 478 valence electrons. The van der Waals surface area contributed by atoms with E-state index in [1.165, 1.54) is 366 Å². The molecule has 0 aromatic carbocycles. The van der Waals surface area contributed by atoms with E-state index >= 15 is 0 Å². The molecule has 0 radical (unpaired) electrons. The third kappa shape index (κ3) is 66.0. The van der Waals surface area contributed by atoms with Crippen molar-refractivity contribution in [3.63, 3.8) is 0 Å². The van der Waals surface area contributed by atoms with Gasteiger partial charge in [-0.15, -0.1) is 0 Å². The van der Waals surface area contributed by atoms with Gasteiger partial charge in [-0.05, 0) is 25.7 Å². The second kappa shape index (κ2) is 70.3. The van der Waals surface area contributed by atoms with Crippen LogP contribution in [-0.4, -0.2) is 47.4 Å². The van der Waals surface area contributed by atoms with Gasteiger partial charge in [-0.1, -0.05) is 399 Å². The van der Waals surface area contributed by atoms with Crippen LogP contribution in [-0.2, 0) is 14.3 Å². The molecule has 6 heteroatoms. The van der Waals surface area contributed by atoms with Crippen LogP contribution >= 0.6 is 0 Å². The van der Waals surface area contributed by atoms with Crippen molar-refractivity contribution in [3.8, 4) is 0 Å². The largest absolute Gasteiger partial charge is 0.466 e. The zero-order valence-electron chi connectivity index (χ0n) is 54.9. The fraction of sp³-hybridized carbons (Fsp3) is 0.973. The van der Waals surface area contributed by atoms with Gasteiger partial charge in [0, 0.05) is 12.8 Å². The SMILES string of the molecule is CCCCCCCCCCCCCCCCCCCCCCCCCCC(O)C(CO)NC(=O)CCCCCCCCCCCCCCCCCCCCCCCCOC(=O)CCCCCCCCCCCCCCCCCCC. The number of hydrogen-bond donors (Lipinski definition) is 3. The molecule has 0 fully saturated rings. The van der Waals surface area contributed by atoms with Crippen LogP contribution in [0.5, 0.6) is 0 Å². The number of esters is 1. The second-order valence-corrected chi connectivity index (χ2v) is 26.0. The standard InChI is InChI=1S/C74H147NO5/c1-3-5-7-9-11-13-15-17-19-21-22-23-24-25-28-31-35-38-42-46-50-54-58-62-66-72(77)71(70-76)75-73(78)67-63-59-55-51-47-43-39-36-32-29-26-27-30-33-37-41-45-49-53-57-61-65-69-80-74(79)68-64-60-56-52-48-44-40-34-20-18-16-14-12-10-8-6-4-2/h71-72,76-77H,3-70H2,1-2H3,(H,75,78). The smallest absolute Gasteiger partial charge is 0.305 e. The maximum atomic E-state index is 12.6. The van der Waals surface area contributed by atoms with Gasteiger partial charge >= 0.3 is 5.97 Å². The lowest BCUT2D eigenvalue weighted by Gasteiger charge is -2.22. The van der Waals surface area contributed by atoms with Gasteiger partial charge < -0.3 is 20.3 Å². The maximum absolute atomic E-state index is 12.6. The predicted molar refractivity (Wildman–Crippen MR) is 352 cm³/mol. The third-order valence-electron chi connectivity index (χ3n) is 17.9. The fourth-order valence-corrected chi connectivity index (χ4v) is 12.2. The van der Waals surface area contributed by atoms with Crippen molar-refractivity contribution in [1.29, 1.82) is 0 Å². The highest BCUT2D eigenvalue weighted by atomic mass is 16.5. The number of ether oxygens (including phenoxy) is 1. The van der Waals surface area contributed by atoms with Crippen molar-refractivity contribution < 1.29 is 24.5 Å². The molecular formula is C74H147NO5. The summed E-state index contributed by atoms with van der Waals surface area (Å²) in [6, 6.07) is -0.542. The number of carbonyl (C=O) groups is 2. The first kappa shape index (κ1) is 78.9. The molecular weight excluding hydrogens is 983 g/mol. The number of unbranched alkanes of at least 4 members (excludes halogenated alkanes) is 60. The number of rotatable bonds is 71. The summed E-state index contributed by atoms with van der Waals surface area (Å²) in [6.07, 6.45) is 85.9. The maximum Gasteiger partial charge on any atom is 0.305 e. The Morgan fingerprint density at radius 3 is 0.762 bits per heavy atom. The molecule has 0 saturated carbocycles. The van der Waals surface area contributed by atoms with E-state index in [1.54, 1.807) is 0 Å². The Bertz CT molecular complexity index is 1160. The molecule has 2 unspecified atom stereocenters. The van der Waals surface area contributed by atoms with Crippen LogP contribution < -0.4 is 5.32 Å². The topological polar surface area (TPSA) is 95.9 Å². The van der Waals surface area contributed by atoms with E-state index in [9.17, 15) is 19.8 Å². The molecule has 0 rings (SSSR count). The van der Waals surface area contributed by atoms with Crippen LogP contribution in [0.3, 0.4) is 0 Å². The number of amides is 1. The minimum Gasteiger partial charge on any atom is -0.466 e. The van der Waals surface area contributed by atoms with Gasteiger partial charge in [-0.3, -0.25) is 9.59 Å². The van der Waals surface area contributed by atoms with E-state index in [1.807, 2.05) is 0 Å². The first-order chi connectivity index (χ1) is 39.5. The van der Waals surface area contributed by atoms with Gasteiger partial charge in [0.15, 0.2) is 0 Å². The Labute approximate surface area is 502 Å². The van der Waals surface area contributed by atoms with Gasteiger partial charge in [0.25, 0.3) is 0 Å². The van der Waals surface area contributed by atoms with Crippen LogP contribution in [0.15, 0.2) is 0 Å². The molecule has 2 atom stereocenters. The minimum atomic E-state index is -0.665. The summed E-state index contributed by atoms with van der Waals surface area (Å²) in [4.78, 5) is 24.7. The van der Waals surface area contributed by atoms with E-state index in [0.29, 0.717) is 25.9 Å². The summed E-state index contributed by atoms with van der Waals surface area (Å²) in [5.41, 5.74) is 0. The summed E-state index contributed by atoms with van der Waals surface area (Å²) < 4.78 is 5.51. The Balaban J connectivity index is 3.36. The highest BCUT2D eigenvalue weighted by Crippen LogP contribution is 2.20. The van der Waals surface area contributed by atoms with E-state index < -0.39 is 12.1 Å². The lowest BCUT2D eigenvalue weighted by molar-refractivity contribution is -0.143. The van der Waals surface area contributed by atoms with Crippen molar-refractivity contribution in [2.75, 3.05) is 13.2 Å². The number of hydrogen-bond acceptors (Lipinski definition) is 5. The highest BCUT2D eigenvalue weighted by molar-refractivity contribution is 5.76. The quantitative estimate of drug-likeness (QED) is 0.0417. The lowest BCUT2D eigenvalue weighted by Crippen LogP contribution is -2.45. The van der Waals surface area contributed by atoms with Gasteiger partial charge in [0.2, 0.25) is 5.91 Å². The summed E-state index contributed by atoms with van der Waals surface area (Å²) in [5, 5.41) is 23.5. The molecule has 80 heavy (non-hydrogen) atoms. The van der Waals surface area contributed by atoms with Crippen LogP contribution in [0.4, 0.5) is 0 Å². The molecule has 0 heterocycles. The molecule has 0 aromatic rings. The first-order valence-corrected chi connectivity index (χ1v) is 37.3. The van der Waals surface area contributed by atoms with E-state index in [0.717, 1.165) is 38.5 Å². The van der Waals surface area contributed by atoms with Crippen LogP contribution in [0.1, 0.15) is 438 Å². The Morgan fingerprint density at radius 2 is 0.512 bits per heavy atom. The molecule has 3 N–H and O–H groups in total. The molecule has 0 aliphatic carbocycles. The highest BCUT2D eigenvalue weighted by Gasteiger charge is 2.20. The van der Waals surface area contributed by atoms with Crippen molar-refractivity contribution in [1.82, 2.24) is 5.32 Å². The Hall–Kier alpha value is -1.14. The van der Waals surface area contributed by atoms with E-state index in [4.69, 9.17) is 4.74 Å². The summed E-state index contributed by atoms with van der Waals surface area (Å²) in [7, 11) is 0. The average Bonchev–Trinajstić information content (AvgIpc) is 3.46. The molecule has 0 aliphatic heterocycles. The van der Waals surface area contributed by atoms with Crippen molar-refractivity contribution in [2.24, 2.45) is 0 Å². The Kier molecular flexibility index (Phi) is 69.3. The fourth-order valence-electron chi connectivity index (χ4n) is 12.2. The number of nitrogens with one attached hydrogen (secondary N) is 1. The zero-order chi connectivity index (χ0) is 57.8. The molecule has 1 amide bonds. The zero-order valence-corrected chi connectivity index (χ0v) is 54.9. The molecule has 6 nitrogen and oxygen atoms in total. The van der Waals surface area contributed by atoms with Gasteiger partial charge in [0.1, 0.15) is 0 Å². The number of aliphatic hydroxyl groups is 2. The minimum absolute atomic E-state index is 0.0191. The third-order valence-corrected chi connectivity index (χ3v) is 17.9. The van der Waals surface area contributed by atoms with Gasteiger partial charge in [-0.25, -0.2) is 0 Å². The molecule has 0 saturated heterocycles. The van der Waals surface area contributed by atoms with Crippen molar-refractivity contribution in [2.45, 2.75) is 450 Å². The van der Waals surface area contributed by atoms with E-state index in [-0.39, 0.29) is 18.5 Å². The van der Waals surface area contributed by atoms with Crippen molar-refractivity contribution in [3.05, 3.63) is 0 Å². The summed E-state index contributed by atoms with van der Waals surface area (Å²) in [6.45, 7) is 5.01. The normalized spacial score (nSPS) is 12.4. The number of aliphatic hydroxyl groups excluding tert-OH is 2. The van der Waals surface area contributed by atoms with Crippen LogP contribution in [0.2, 0.25) is 0 Å². The van der Waals surface area contributed by atoms with Gasteiger partial charge in [-0.2, -0.15) is 0 Å². The van der Waals surface area contributed by atoms with Crippen LogP contribution in [0.25, 0.3) is 0 Å². The number of carbonyl (C=O) groups excluding carboxylic acids is 2. The molecule has 0 aromatic heterocycles. The summed E-state index contributed by atoms with van der Waals surface area (Å²) in [5.74, 6) is -0.00977. The molecule has 0 bridgehead atoms. The summed E-state index contributed by atoms with van der Waals surface area (Å²) >= 11 is 0. The first-order valence-electron chi connectivity index (χ1n) is 37.3. The lowest BCUT2D eigenvalue weighted by atomic mass is 10.0. The predicted octanol–water partition coefficient (Wildman–Crippen LogP) is 24.2. The Morgan fingerprint density at radius 1 is 0.300 bits per heavy atom. The average molecular weight is 1130 g/mol. The molecule has 0 aliphatic rings. The van der Waals surface area contributed by atoms with E-state index in [2.05, 4.69) is 19.2 Å². The second-order valence-electron chi connectivity index (χ2n) is 26.0. The van der Waals surface area contributed by atoms with Crippen molar-refractivity contribution >= 4 is 11.9 Å². The van der Waals surface area contributed by atoms with Crippen LogP contribution in [0, 0.1) is 0 Å². The van der Waals surface area contributed by atoms with Gasteiger partial charge in [0.05, 0.1) is 25.4 Å². The monoisotopic (exact) mass is 1130 g/mol.